The average molecular weight is 323 g/mol. The lowest BCUT2D eigenvalue weighted by atomic mass is 10.2. The molecule has 2 rings (SSSR count). The average Bonchev–Trinajstić information content (AvgIpc) is 2.84. The maximum Gasteiger partial charge on any atom is 0.234 e. The van der Waals surface area contributed by atoms with E-state index in [1.165, 1.54) is 18.9 Å². The van der Waals surface area contributed by atoms with Crippen LogP contribution in [0.1, 0.15) is 0 Å². The van der Waals surface area contributed by atoms with E-state index in [0.29, 0.717) is 28.3 Å². The number of nitrogens with zero attached hydrogens (tertiary/aromatic N) is 3. The molecule has 1 heterocycles. The number of amides is 1. The summed E-state index contributed by atoms with van der Waals surface area (Å²) in [7, 11) is 4.83. The topological polar surface area (TPSA) is 104 Å². The molecule has 9 heteroatoms. The van der Waals surface area contributed by atoms with Crippen LogP contribution in [-0.4, -0.2) is 40.6 Å². The number of anilines is 2. The molecule has 1 aromatic carbocycles. The van der Waals surface area contributed by atoms with E-state index in [4.69, 9.17) is 15.2 Å². The Morgan fingerprint density at radius 1 is 1.36 bits per heavy atom. The molecule has 3 N–H and O–H groups in total. The maximum absolute atomic E-state index is 12.1. The Bertz CT molecular complexity index is 674. The zero-order valence-electron chi connectivity index (χ0n) is 12.5. The molecule has 22 heavy (non-hydrogen) atoms. The van der Waals surface area contributed by atoms with Crippen LogP contribution in [0.4, 0.5) is 11.6 Å². The highest BCUT2D eigenvalue weighted by Crippen LogP contribution is 2.29. The Morgan fingerprint density at radius 2 is 2.14 bits per heavy atom. The van der Waals surface area contributed by atoms with Crippen molar-refractivity contribution in [1.29, 1.82) is 0 Å². The lowest BCUT2D eigenvalue weighted by Crippen LogP contribution is -2.15. The van der Waals surface area contributed by atoms with E-state index >= 15 is 0 Å². The van der Waals surface area contributed by atoms with Gasteiger partial charge in [-0.25, -0.2) is 0 Å². The standard InChI is InChI=1S/C13H17N5O3S/c1-18-12(14)16-17-13(18)22-7-11(19)15-9-6-8(20-2)4-5-10(9)21-3/h4-6H,7H2,1-3H3,(H2,14,16)(H,15,19). The Labute approximate surface area is 132 Å². The molecule has 1 amide bonds. The van der Waals surface area contributed by atoms with Gasteiger partial charge in [-0.2, -0.15) is 0 Å². The number of rotatable bonds is 6. The Kier molecular flexibility index (Phi) is 5.10. The first-order valence-corrected chi connectivity index (χ1v) is 7.33. The van der Waals surface area contributed by atoms with Gasteiger partial charge in [0.2, 0.25) is 11.9 Å². The van der Waals surface area contributed by atoms with Crippen molar-refractivity contribution in [1.82, 2.24) is 14.8 Å². The largest absolute Gasteiger partial charge is 0.497 e. The van der Waals surface area contributed by atoms with Crippen molar-refractivity contribution >= 4 is 29.3 Å². The Hall–Kier alpha value is -2.42. The summed E-state index contributed by atoms with van der Waals surface area (Å²) in [4.78, 5) is 12.1. The minimum atomic E-state index is -0.196. The molecule has 1 aromatic heterocycles. The van der Waals surface area contributed by atoms with Crippen molar-refractivity contribution in [2.75, 3.05) is 31.0 Å². The van der Waals surface area contributed by atoms with Gasteiger partial charge >= 0.3 is 0 Å². The minimum absolute atomic E-state index is 0.173. The lowest BCUT2D eigenvalue weighted by Gasteiger charge is -2.11. The monoisotopic (exact) mass is 323 g/mol. The number of hydrogen-bond acceptors (Lipinski definition) is 7. The van der Waals surface area contributed by atoms with Gasteiger partial charge in [0, 0.05) is 13.1 Å². The fourth-order valence-corrected chi connectivity index (χ4v) is 2.40. The van der Waals surface area contributed by atoms with Gasteiger partial charge in [-0.05, 0) is 12.1 Å². The van der Waals surface area contributed by atoms with Crippen LogP contribution < -0.4 is 20.5 Å². The molecule has 0 saturated carbocycles. The molecular weight excluding hydrogens is 306 g/mol. The van der Waals surface area contributed by atoms with E-state index in [1.54, 1.807) is 36.9 Å². The SMILES string of the molecule is COc1ccc(OC)c(NC(=O)CSc2nnc(N)n2C)c1. The van der Waals surface area contributed by atoms with E-state index in [9.17, 15) is 4.79 Å². The summed E-state index contributed by atoms with van der Waals surface area (Å²) in [5, 5.41) is 11.0. The third-order valence-electron chi connectivity index (χ3n) is 2.88. The molecule has 0 fully saturated rings. The van der Waals surface area contributed by atoms with Gasteiger partial charge in [-0.1, -0.05) is 11.8 Å². The molecule has 0 aliphatic carbocycles. The molecule has 0 saturated heterocycles. The van der Waals surface area contributed by atoms with Crippen LogP contribution in [0.2, 0.25) is 0 Å². The van der Waals surface area contributed by atoms with E-state index in [2.05, 4.69) is 15.5 Å². The zero-order valence-corrected chi connectivity index (χ0v) is 13.3. The quantitative estimate of drug-likeness (QED) is 0.768. The van der Waals surface area contributed by atoms with Crippen LogP contribution >= 0.6 is 11.8 Å². The van der Waals surface area contributed by atoms with Crippen molar-refractivity contribution in [3.63, 3.8) is 0 Å². The predicted molar refractivity (Wildman–Crippen MR) is 84.3 cm³/mol. The summed E-state index contributed by atoms with van der Waals surface area (Å²) >= 11 is 1.24. The van der Waals surface area contributed by atoms with Gasteiger partial charge in [0.05, 0.1) is 25.7 Å². The van der Waals surface area contributed by atoms with Gasteiger partial charge in [0.25, 0.3) is 0 Å². The summed E-state index contributed by atoms with van der Waals surface area (Å²) in [5.74, 6) is 1.47. The smallest absolute Gasteiger partial charge is 0.234 e. The van der Waals surface area contributed by atoms with Crippen LogP contribution in [-0.2, 0) is 11.8 Å². The van der Waals surface area contributed by atoms with Gasteiger partial charge in [0.1, 0.15) is 11.5 Å². The van der Waals surface area contributed by atoms with E-state index in [0.717, 1.165) is 0 Å². The zero-order chi connectivity index (χ0) is 16.1. The van der Waals surface area contributed by atoms with Crippen molar-refractivity contribution < 1.29 is 14.3 Å². The summed E-state index contributed by atoms with van der Waals surface area (Å²) in [6.45, 7) is 0. The molecular formula is C13H17N5O3S. The molecule has 0 aliphatic rings. The summed E-state index contributed by atoms with van der Waals surface area (Å²) < 4.78 is 12.0. The molecule has 118 valence electrons. The number of thioether (sulfide) groups is 1. The summed E-state index contributed by atoms with van der Waals surface area (Å²) in [5.41, 5.74) is 6.13. The third kappa shape index (κ3) is 3.61. The highest BCUT2D eigenvalue weighted by Gasteiger charge is 2.12. The first kappa shape index (κ1) is 16.0. The number of benzene rings is 1. The van der Waals surface area contributed by atoms with Crippen LogP contribution in [0, 0.1) is 0 Å². The predicted octanol–water partition coefficient (Wildman–Crippen LogP) is 1.15. The highest BCUT2D eigenvalue weighted by atomic mass is 32.2. The van der Waals surface area contributed by atoms with Gasteiger partial charge in [-0.3, -0.25) is 9.36 Å². The molecule has 0 bridgehead atoms. The van der Waals surface area contributed by atoms with E-state index in [-0.39, 0.29) is 11.7 Å². The van der Waals surface area contributed by atoms with Gasteiger partial charge < -0.3 is 20.5 Å². The molecule has 0 radical (unpaired) electrons. The summed E-state index contributed by atoms with van der Waals surface area (Å²) in [6.07, 6.45) is 0. The van der Waals surface area contributed by atoms with Crippen LogP contribution in [0.25, 0.3) is 0 Å². The number of nitrogens with one attached hydrogen (secondary N) is 1. The molecule has 0 unspecified atom stereocenters. The number of ether oxygens (including phenoxy) is 2. The molecule has 2 aromatic rings. The van der Waals surface area contributed by atoms with Crippen molar-refractivity contribution in [2.24, 2.45) is 7.05 Å². The number of aromatic nitrogens is 3. The number of nitrogens with two attached hydrogens (primary N) is 1. The Balaban J connectivity index is 2.01. The van der Waals surface area contributed by atoms with Crippen LogP contribution in [0.15, 0.2) is 23.4 Å². The maximum atomic E-state index is 12.1. The molecule has 8 nitrogen and oxygen atoms in total. The first-order valence-electron chi connectivity index (χ1n) is 6.34. The minimum Gasteiger partial charge on any atom is -0.497 e. The summed E-state index contributed by atoms with van der Waals surface area (Å²) in [6, 6.07) is 5.18. The van der Waals surface area contributed by atoms with Gasteiger partial charge in [0.15, 0.2) is 5.16 Å². The second kappa shape index (κ2) is 7.03. The van der Waals surface area contributed by atoms with Crippen molar-refractivity contribution in [3.8, 4) is 11.5 Å². The fourth-order valence-electron chi connectivity index (χ4n) is 1.68. The number of hydrogen-bond donors (Lipinski definition) is 2. The molecule has 0 aliphatic heterocycles. The van der Waals surface area contributed by atoms with Crippen LogP contribution in [0.5, 0.6) is 11.5 Å². The second-order valence-electron chi connectivity index (χ2n) is 4.30. The van der Waals surface area contributed by atoms with E-state index in [1.807, 2.05) is 0 Å². The number of nitrogen functional groups attached to an aromatic ring is 1. The van der Waals surface area contributed by atoms with Crippen molar-refractivity contribution in [3.05, 3.63) is 18.2 Å². The number of methoxy groups -OCH3 is 2. The molecule has 0 atom stereocenters. The van der Waals surface area contributed by atoms with Crippen molar-refractivity contribution in [2.45, 2.75) is 5.16 Å². The van der Waals surface area contributed by atoms with Crippen LogP contribution in [0.3, 0.4) is 0 Å². The fraction of sp³-hybridized carbons (Fsp3) is 0.308. The number of carbonyl (C=O) groups excluding carboxylic acids is 1. The highest BCUT2D eigenvalue weighted by molar-refractivity contribution is 7.99. The normalized spacial score (nSPS) is 10.3. The van der Waals surface area contributed by atoms with E-state index < -0.39 is 0 Å². The van der Waals surface area contributed by atoms with Gasteiger partial charge in [-0.15, -0.1) is 10.2 Å². The Morgan fingerprint density at radius 3 is 2.73 bits per heavy atom. The lowest BCUT2D eigenvalue weighted by molar-refractivity contribution is -0.113. The number of carbonyl (C=O) groups is 1. The molecule has 0 spiro atoms. The second-order valence-corrected chi connectivity index (χ2v) is 5.25. The third-order valence-corrected chi connectivity index (χ3v) is 3.90. The first-order chi connectivity index (χ1) is 10.5.